The molecule has 3 rings (SSSR count). The van der Waals surface area contributed by atoms with E-state index in [1.54, 1.807) is 4.90 Å². The number of methoxy groups -OCH3 is 1. The second-order valence-corrected chi connectivity index (χ2v) is 7.02. The summed E-state index contributed by atoms with van der Waals surface area (Å²) >= 11 is 0. The molecule has 0 bridgehead atoms. The Kier molecular flexibility index (Phi) is 6.53. The van der Waals surface area contributed by atoms with Crippen LogP contribution in [-0.4, -0.2) is 42.5 Å². The number of nitrogens with one attached hydrogen (secondary N) is 1. The van der Waals surface area contributed by atoms with Crippen molar-refractivity contribution in [3.63, 3.8) is 0 Å². The van der Waals surface area contributed by atoms with Crippen LogP contribution in [0.4, 0.5) is 13.2 Å². The normalized spacial score (nSPS) is 19.2. The fourth-order valence-electron chi connectivity index (χ4n) is 3.50. The van der Waals surface area contributed by atoms with Gasteiger partial charge in [-0.3, -0.25) is 14.5 Å². The number of ether oxygens (including phenoxy) is 1. The monoisotopic (exact) mass is 406 g/mol. The van der Waals surface area contributed by atoms with Crippen molar-refractivity contribution in [2.45, 2.75) is 31.5 Å². The van der Waals surface area contributed by atoms with Crippen LogP contribution in [0.25, 0.3) is 0 Å². The Morgan fingerprint density at radius 1 is 1.07 bits per heavy atom. The van der Waals surface area contributed by atoms with Crippen molar-refractivity contribution in [2.24, 2.45) is 0 Å². The van der Waals surface area contributed by atoms with Crippen LogP contribution in [0.2, 0.25) is 0 Å². The largest absolute Gasteiger partial charge is 0.468 e. The molecule has 2 aromatic rings. The summed E-state index contributed by atoms with van der Waals surface area (Å²) in [5, 5.41) is 2.87. The second kappa shape index (κ2) is 9.09. The first kappa shape index (κ1) is 20.9. The van der Waals surface area contributed by atoms with Gasteiger partial charge in [-0.05, 0) is 41.8 Å². The summed E-state index contributed by atoms with van der Waals surface area (Å²) in [5.74, 6) is -2.98. The molecule has 1 fully saturated rings. The minimum Gasteiger partial charge on any atom is -0.468 e. The Hall–Kier alpha value is -2.87. The molecule has 5 nitrogen and oxygen atoms in total. The van der Waals surface area contributed by atoms with Crippen molar-refractivity contribution in [1.82, 2.24) is 10.2 Å². The van der Waals surface area contributed by atoms with Crippen LogP contribution in [0.15, 0.2) is 42.5 Å². The van der Waals surface area contributed by atoms with Crippen molar-refractivity contribution in [1.29, 1.82) is 0 Å². The van der Waals surface area contributed by atoms with Gasteiger partial charge in [-0.2, -0.15) is 0 Å². The summed E-state index contributed by atoms with van der Waals surface area (Å²) in [4.78, 5) is 26.2. The lowest BCUT2D eigenvalue weighted by molar-refractivity contribution is -0.146. The number of hydrogen-bond donors (Lipinski definition) is 1. The zero-order chi connectivity index (χ0) is 21.0. The zero-order valence-electron chi connectivity index (χ0n) is 15.8. The van der Waals surface area contributed by atoms with Crippen molar-refractivity contribution in [3.8, 4) is 0 Å². The molecule has 0 aliphatic carbocycles. The van der Waals surface area contributed by atoms with E-state index in [0.717, 1.165) is 12.1 Å². The summed E-state index contributed by atoms with van der Waals surface area (Å²) in [6.07, 6.45) is 0.425. The van der Waals surface area contributed by atoms with Crippen LogP contribution in [-0.2, 0) is 27.3 Å². The van der Waals surface area contributed by atoms with Gasteiger partial charge >= 0.3 is 5.97 Å². The van der Waals surface area contributed by atoms with E-state index < -0.39 is 23.6 Å². The maximum atomic E-state index is 13.5. The Morgan fingerprint density at radius 3 is 2.41 bits per heavy atom. The fourth-order valence-corrected chi connectivity index (χ4v) is 3.50. The van der Waals surface area contributed by atoms with E-state index in [4.69, 9.17) is 4.74 Å². The first-order valence-corrected chi connectivity index (χ1v) is 9.15. The predicted octanol–water partition coefficient (Wildman–Crippen LogP) is 2.58. The molecular formula is C21H21F3N2O3. The van der Waals surface area contributed by atoms with Crippen LogP contribution >= 0.6 is 0 Å². The standard InChI is InChI=1S/C21H21F3N2O3/c1-29-21(28)19-10-16(25-20(27)9-13-2-5-15(22)6-3-13)12-26(19)11-14-4-7-17(23)18(24)8-14/h2-8,16,19H,9-12H2,1H3,(H,25,27)/t16-,19+/m1/s1. The van der Waals surface area contributed by atoms with E-state index in [1.807, 2.05) is 0 Å². The van der Waals surface area contributed by atoms with E-state index in [1.165, 1.54) is 37.4 Å². The molecule has 1 amide bonds. The summed E-state index contributed by atoms with van der Waals surface area (Å²) < 4.78 is 44.5. The molecule has 1 heterocycles. The average Bonchev–Trinajstić information content (AvgIpc) is 3.08. The number of carbonyl (C=O) groups is 2. The van der Waals surface area contributed by atoms with E-state index in [-0.39, 0.29) is 30.7 Å². The second-order valence-electron chi connectivity index (χ2n) is 7.02. The highest BCUT2D eigenvalue weighted by molar-refractivity contribution is 5.80. The van der Waals surface area contributed by atoms with Gasteiger partial charge in [-0.1, -0.05) is 18.2 Å². The molecule has 0 saturated carbocycles. The van der Waals surface area contributed by atoms with Gasteiger partial charge in [0, 0.05) is 19.1 Å². The highest BCUT2D eigenvalue weighted by Crippen LogP contribution is 2.23. The molecule has 0 aromatic heterocycles. The molecule has 0 spiro atoms. The van der Waals surface area contributed by atoms with Gasteiger partial charge in [0.15, 0.2) is 11.6 Å². The number of esters is 1. The molecule has 0 unspecified atom stereocenters. The number of benzene rings is 2. The van der Waals surface area contributed by atoms with E-state index in [0.29, 0.717) is 24.1 Å². The number of rotatable bonds is 6. The van der Waals surface area contributed by atoms with Crippen LogP contribution in [0.1, 0.15) is 17.5 Å². The maximum absolute atomic E-state index is 13.5. The minimum atomic E-state index is -0.958. The molecule has 0 radical (unpaired) electrons. The zero-order valence-corrected chi connectivity index (χ0v) is 15.8. The smallest absolute Gasteiger partial charge is 0.323 e. The van der Waals surface area contributed by atoms with Gasteiger partial charge in [-0.25, -0.2) is 13.2 Å². The van der Waals surface area contributed by atoms with Crippen molar-refractivity contribution in [2.75, 3.05) is 13.7 Å². The third-order valence-electron chi connectivity index (χ3n) is 4.89. The summed E-state index contributed by atoms with van der Waals surface area (Å²) in [5.41, 5.74) is 1.18. The summed E-state index contributed by atoms with van der Waals surface area (Å²) in [6.45, 7) is 0.565. The van der Waals surface area contributed by atoms with Gasteiger partial charge in [0.1, 0.15) is 11.9 Å². The van der Waals surface area contributed by atoms with Gasteiger partial charge in [0.25, 0.3) is 0 Å². The molecular weight excluding hydrogens is 385 g/mol. The lowest BCUT2D eigenvalue weighted by Gasteiger charge is -2.22. The first-order chi connectivity index (χ1) is 13.9. The Morgan fingerprint density at radius 2 is 1.76 bits per heavy atom. The third kappa shape index (κ3) is 5.35. The molecule has 8 heteroatoms. The number of amides is 1. The van der Waals surface area contributed by atoms with E-state index >= 15 is 0 Å². The number of hydrogen-bond acceptors (Lipinski definition) is 4. The molecule has 154 valence electrons. The lowest BCUT2D eigenvalue weighted by atomic mass is 10.1. The average molecular weight is 406 g/mol. The molecule has 2 aromatic carbocycles. The van der Waals surface area contributed by atoms with Crippen molar-refractivity contribution >= 4 is 11.9 Å². The molecule has 2 atom stereocenters. The number of carbonyl (C=O) groups excluding carboxylic acids is 2. The maximum Gasteiger partial charge on any atom is 0.323 e. The van der Waals surface area contributed by atoms with Crippen LogP contribution in [0.3, 0.4) is 0 Å². The van der Waals surface area contributed by atoms with Gasteiger partial charge < -0.3 is 10.1 Å². The number of halogens is 3. The topological polar surface area (TPSA) is 58.6 Å². The Bertz CT molecular complexity index is 889. The van der Waals surface area contributed by atoms with E-state index in [9.17, 15) is 22.8 Å². The van der Waals surface area contributed by atoms with Gasteiger partial charge in [0.05, 0.1) is 13.5 Å². The van der Waals surface area contributed by atoms with Crippen molar-refractivity contribution in [3.05, 3.63) is 71.0 Å². The van der Waals surface area contributed by atoms with Crippen LogP contribution in [0.5, 0.6) is 0 Å². The molecule has 1 aliphatic rings. The van der Waals surface area contributed by atoms with Crippen molar-refractivity contribution < 1.29 is 27.5 Å². The first-order valence-electron chi connectivity index (χ1n) is 9.15. The number of nitrogens with zero attached hydrogens (tertiary/aromatic N) is 1. The molecule has 1 aliphatic heterocycles. The highest BCUT2D eigenvalue weighted by Gasteiger charge is 2.38. The Balaban J connectivity index is 1.64. The molecule has 29 heavy (non-hydrogen) atoms. The third-order valence-corrected chi connectivity index (χ3v) is 4.89. The fraction of sp³-hybridized carbons (Fsp3) is 0.333. The van der Waals surface area contributed by atoms with Crippen LogP contribution in [0, 0.1) is 17.5 Å². The minimum absolute atomic E-state index is 0.0862. The highest BCUT2D eigenvalue weighted by atomic mass is 19.2. The van der Waals surface area contributed by atoms with Gasteiger partial charge in [0.2, 0.25) is 5.91 Å². The quantitative estimate of drug-likeness (QED) is 0.750. The SMILES string of the molecule is COC(=O)[C@@H]1C[C@@H](NC(=O)Cc2ccc(F)cc2)CN1Cc1ccc(F)c(F)c1. The molecule has 1 N–H and O–H groups in total. The Labute approximate surface area is 166 Å². The lowest BCUT2D eigenvalue weighted by Crippen LogP contribution is -2.38. The summed E-state index contributed by atoms with van der Waals surface area (Å²) in [6, 6.07) is 8.31. The number of likely N-dealkylation sites (tertiary alicyclic amines) is 1. The van der Waals surface area contributed by atoms with Gasteiger partial charge in [-0.15, -0.1) is 0 Å². The predicted molar refractivity (Wildman–Crippen MR) is 99.2 cm³/mol. The van der Waals surface area contributed by atoms with Crippen LogP contribution < -0.4 is 5.32 Å². The van der Waals surface area contributed by atoms with E-state index in [2.05, 4.69) is 5.32 Å². The summed E-state index contributed by atoms with van der Waals surface area (Å²) in [7, 11) is 1.28. The molecule has 1 saturated heterocycles.